The molecule has 1 aromatic carbocycles. The summed E-state index contributed by atoms with van der Waals surface area (Å²) in [5, 5.41) is 3.18. The molecule has 1 aromatic rings. The third kappa shape index (κ3) is 3.23. The highest BCUT2D eigenvalue weighted by Crippen LogP contribution is 2.20. The standard InChI is InChI=1S/C14H22N2O2/c1-6-15-14(2,3)13(17)16(4)11-7-9-12(18-5)10-8-11/h7-10,15H,6H2,1-5H3. The van der Waals surface area contributed by atoms with Gasteiger partial charge in [0, 0.05) is 12.7 Å². The van der Waals surface area contributed by atoms with Crippen LogP contribution in [0.1, 0.15) is 20.8 Å². The largest absolute Gasteiger partial charge is 0.497 e. The SMILES string of the molecule is CCNC(C)(C)C(=O)N(C)c1ccc(OC)cc1. The van der Waals surface area contributed by atoms with Crippen molar-refractivity contribution in [2.24, 2.45) is 0 Å². The van der Waals surface area contributed by atoms with Crippen molar-refractivity contribution >= 4 is 11.6 Å². The molecule has 0 bridgehead atoms. The van der Waals surface area contributed by atoms with Gasteiger partial charge in [0.25, 0.3) is 0 Å². The van der Waals surface area contributed by atoms with Crippen LogP contribution in [-0.4, -0.2) is 32.1 Å². The molecule has 0 heterocycles. The minimum atomic E-state index is -0.566. The van der Waals surface area contributed by atoms with Gasteiger partial charge in [-0.1, -0.05) is 6.92 Å². The zero-order valence-corrected chi connectivity index (χ0v) is 11.8. The summed E-state index contributed by atoms with van der Waals surface area (Å²) in [7, 11) is 3.40. The number of benzene rings is 1. The van der Waals surface area contributed by atoms with E-state index in [9.17, 15) is 4.79 Å². The Balaban J connectivity index is 2.85. The number of carbonyl (C=O) groups is 1. The van der Waals surface area contributed by atoms with Crippen molar-refractivity contribution in [3.05, 3.63) is 24.3 Å². The lowest BCUT2D eigenvalue weighted by Gasteiger charge is -2.30. The van der Waals surface area contributed by atoms with Crippen molar-refractivity contribution in [3.63, 3.8) is 0 Å². The number of hydrogen-bond donors (Lipinski definition) is 1. The molecule has 0 aliphatic rings. The second-order valence-electron chi connectivity index (χ2n) is 4.72. The summed E-state index contributed by atoms with van der Waals surface area (Å²) in [6, 6.07) is 7.44. The number of rotatable bonds is 5. The molecule has 0 unspecified atom stereocenters. The molecular formula is C14H22N2O2. The van der Waals surface area contributed by atoms with Crippen molar-refractivity contribution in [2.45, 2.75) is 26.3 Å². The maximum atomic E-state index is 12.3. The van der Waals surface area contributed by atoms with Crippen molar-refractivity contribution in [1.82, 2.24) is 5.32 Å². The van der Waals surface area contributed by atoms with Crippen LogP contribution < -0.4 is 15.0 Å². The van der Waals surface area contributed by atoms with Crippen LogP contribution in [0.4, 0.5) is 5.69 Å². The molecule has 0 saturated heterocycles. The van der Waals surface area contributed by atoms with Crippen LogP contribution in [0.25, 0.3) is 0 Å². The number of carbonyl (C=O) groups excluding carboxylic acids is 1. The predicted molar refractivity (Wildman–Crippen MR) is 74.2 cm³/mol. The normalized spacial score (nSPS) is 11.2. The van der Waals surface area contributed by atoms with E-state index >= 15 is 0 Å². The second-order valence-corrected chi connectivity index (χ2v) is 4.72. The monoisotopic (exact) mass is 250 g/mol. The summed E-state index contributed by atoms with van der Waals surface area (Å²) in [5.41, 5.74) is 0.287. The number of methoxy groups -OCH3 is 1. The summed E-state index contributed by atoms with van der Waals surface area (Å²) in [6.07, 6.45) is 0. The maximum absolute atomic E-state index is 12.3. The zero-order chi connectivity index (χ0) is 13.8. The molecule has 4 heteroatoms. The molecule has 1 rings (SSSR count). The first-order chi connectivity index (χ1) is 8.42. The second kappa shape index (κ2) is 5.87. The predicted octanol–water partition coefficient (Wildman–Crippen LogP) is 2.05. The van der Waals surface area contributed by atoms with E-state index in [1.165, 1.54) is 0 Å². The Hall–Kier alpha value is -1.55. The van der Waals surface area contributed by atoms with E-state index in [-0.39, 0.29) is 5.91 Å². The first-order valence-electron chi connectivity index (χ1n) is 6.09. The Bertz CT molecular complexity index is 399. The average Bonchev–Trinajstić information content (AvgIpc) is 2.37. The van der Waals surface area contributed by atoms with Gasteiger partial charge in [-0.3, -0.25) is 4.79 Å². The molecule has 100 valence electrons. The quantitative estimate of drug-likeness (QED) is 0.869. The number of anilines is 1. The topological polar surface area (TPSA) is 41.6 Å². The molecule has 0 aromatic heterocycles. The van der Waals surface area contributed by atoms with Crippen molar-refractivity contribution in [3.8, 4) is 5.75 Å². The van der Waals surface area contributed by atoms with Gasteiger partial charge in [-0.05, 0) is 44.7 Å². The van der Waals surface area contributed by atoms with Gasteiger partial charge in [0.05, 0.1) is 12.6 Å². The molecule has 0 radical (unpaired) electrons. The number of hydrogen-bond acceptors (Lipinski definition) is 3. The van der Waals surface area contributed by atoms with Crippen LogP contribution >= 0.6 is 0 Å². The fourth-order valence-electron chi connectivity index (χ4n) is 1.86. The van der Waals surface area contributed by atoms with E-state index in [0.29, 0.717) is 0 Å². The first kappa shape index (κ1) is 14.5. The minimum absolute atomic E-state index is 0.0366. The summed E-state index contributed by atoms with van der Waals surface area (Å²) in [6.45, 7) is 6.52. The van der Waals surface area contributed by atoms with Gasteiger partial charge in [-0.25, -0.2) is 0 Å². The van der Waals surface area contributed by atoms with Gasteiger partial charge in [-0.2, -0.15) is 0 Å². The fourth-order valence-corrected chi connectivity index (χ4v) is 1.86. The molecule has 18 heavy (non-hydrogen) atoms. The zero-order valence-electron chi connectivity index (χ0n) is 11.8. The third-order valence-electron chi connectivity index (χ3n) is 2.92. The van der Waals surface area contributed by atoms with Crippen molar-refractivity contribution in [2.75, 3.05) is 25.6 Å². The lowest BCUT2D eigenvalue weighted by molar-refractivity contribution is -0.123. The highest BCUT2D eigenvalue weighted by Gasteiger charge is 2.29. The fraction of sp³-hybridized carbons (Fsp3) is 0.500. The lowest BCUT2D eigenvalue weighted by atomic mass is 10.0. The van der Waals surface area contributed by atoms with Gasteiger partial charge >= 0.3 is 0 Å². The Morgan fingerprint density at radius 2 is 1.89 bits per heavy atom. The number of amides is 1. The summed E-state index contributed by atoms with van der Waals surface area (Å²) in [5.74, 6) is 0.819. The van der Waals surface area contributed by atoms with Crippen LogP contribution in [0.15, 0.2) is 24.3 Å². The molecule has 0 aliphatic heterocycles. The van der Waals surface area contributed by atoms with Gasteiger partial charge in [0.15, 0.2) is 0 Å². The van der Waals surface area contributed by atoms with Gasteiger partial charge < -0.3 is 15.0 Å². The lowest BCUT2D eigenvalue weighted by Crippen LogP contribution is -2.53. The number of nitrogens with zero attached hydrogens (tertiary/aromatic N) is 1. The number of likely N-dealkylation sites (N-methyl/N-ethyl adjacent to an activating group) is 2. The van der Waals surface area contributed by atoms with Crippen LogP contribution in [-0.2, 0) is 4.79 Å². The van der Waals surface area contributed by atoms with E-state index in [0.717, 1.165) is 18.0 Å². The maximum Gasteiger partial charge on any atom is 0.246 e. The van der Waals surface area contributed by atoms with Crippen LogP contribution in [0.3, 0.4) is 0 Å². The van der Waals surface area contributed by atoms with Gasteiger partial charge in [0.2, 0.25) is 5.91 Å². The molecule has 0 atom stereocenters. The Morgan fingerprint density at radius 3 is 2.33 bits per heavy atom. The van der Waals surface area contributed by atoms with E-state index in [1.54, 1.807) is 19.1 Å². The van der Waals surface area contributed by atoms with E-state index in [2.05, 4.69) is 5.32 Å². The molecule has 0 aliphatic carbocycles. The first-order valence-corrected chi connectivity index (χ1v) is 6.09. The van der Waals surface area contributed by atoms with E-state index in [1.807, 2.05) is 45.0 Å². The Morgan fingerprint density at radius 1 is 1.33 bits per heavy atom. The van der Waals surface area contributed by atoms with Crippen LogP contribution in [0, 0.1) is 0 Å². The van der Waals surface area contributed by atoms with Crippen molar-refractivity contribution in [1.29, 1.82) is 0 Å². The highest BCUT2D eigenvalue weighted by molar-refractivity contribution is 5.99. The summed E-state index contributed by atoms with van der Waals surface area (Å²) in [4.78, 5) is 14.0. The highest BCUT2D eigenvalue weighted by atomic mass is 16.5. The average molecular weight is 250 g/mol. The van der Waals surface area contributed by atoms with E-state index < -0.39 is 5.54 Å². The van der Waals surface area contributed by atoms with Crippen LogP contribution in [0.2, 0.25) is 0 Å². The minimum Gasteiger partial charge on any atom is -0.497 e. The molecular weight excluding hydrogens is 228 g/mol. The van der Waals surface area contributed by atoms with Gasteiger partial charge in [-0.15, -0.1) is 0 Å². The number of nitrogens with one attached hydrogen (secondary N) is 1. The third-order valence-corrected chi connectivity index (χ3v) is 2.92. The molecule has 0 fully saturated rings. The summed E-state index contributed by atoms with van der Waals surface area (Å²) < 4.78 is 5.10. The molecule has 1 amide bonds. The molecule has 0 saturated carbocycles. The smallest absolute Gasteiger partial charge is 0.246 e. The van der Waals surface area contributed by atoms with Gasteiger partial charge in [0.1, 0.15) is 5.75 Å². The molecule has 1 N–H and O–H groups in total. The van der Waals surface area contributed by atoms with Crippen LogP contribution in [0.5, 0.6) is 5.75 Å². The molecule has 4 nitrogen and oxygen atoms in total. The summed E-state index contributed by atoms with van der Waals surface area (Å²) >= 11 is 0. The number of ether oxygens (including phenoxy) is 1. The van der Waals surface area contributed by atoms with Crippen molar-refractivity contribution < 1.29 is 9.53 Å². The molecule has 0 spiro atoms. The van der Waals surface area contributed by atoms with E-state index in [4.69, 9.17) is 4.74 Å². The Labute approximate surface area is 109 Å². The Kier molecular flexibility index (Phi) is 4.73.